The molecule has 3 rings (SSSR count). The molecule has 2 aromatic carbocycles. The molecule has 122 valence electrons. The zero-order chi connectivity index (χ0) is 17.2. The molecule has 1 amide bonds. The van der Waals surface area contributed by atoms with Crippen molar-refractivity contribution >= 4 is 31.6 Å². The molecular formula is C14H11N5O3S2. The quantitative estimate of drug-likeness (QED) is 0.724. The zero-order valence-electron chi connectivity index (χ0n) is 12.1. The molecule has 1 atom stereocenters. The van der Waals surface area contributed by atoms with E-state index < -0.39 is 8.77 Å². The first kappa shape index (κ1) is 16.2. The summed E-state index contributed by atoms with van der Waals surface area (Å²) in [4.78, 5) is 12.2. The SMILES string of the molecule is O=C(Nc1cccc(-n2nnnc2S(=O)(O)=S)c1)c1ccccc1. The number of hydrogen-bond acceptors (Lipinski definition) is 6. The fourth-order valence-electron chi connectivity index (χ4n) is 2.01. The fraction of sp³-hybridized carbons (Fsp3) is 0. The summed E-state index contributed by atoms with van der Waals surface area (Å²) < 4.78 is 22.2. The minimum atomic E-state index is -3.74. The molecule has 0 aliphatic rings. The Morgan fingerprint density at radius 3 is 2.62 bits per heavy atom. The van der Waals surface area contributed by atoms with Gasteiger partial charge in [-0.1, -0.05) is 29.4 Å². The standard InChI is InChI=1S/C14H11N5O3S2/c20-13(10-5-2-1-3-6-10)15-11-7-4-8-12(9-11)19-14(16-17-18-19)24(21,22)23/h1-9H,(H,15,20)(H,21,22,23). The van der Waals surface area contributed by atoms with Crippen LogP contribution in [-0.4, -0.2) is 34.9 Å². The van der Waals surface area contributed by atoms with Crippen molar-refractivity contribution < 1.29 is 13.6 Å². The van der Waals surface area contributed by atoms with E-state index in [2.05, 4.69) is 32.0 Å². The van der Waals surface area contributed by atoms with E-state index in [1.807, 2.05) is 6.07 Å². The summed E-state index contributed by atoms with van der Waals surface area (Å²) in [6, 6.07) is 15.3. The van der Waals surface area contributed by atoms with Gasteiger partial charge in [-0.15, -0.1) is 0 Å². The molecule has 0 saturated heterocycles. The number of carbonyl (C=O) groups excluding carboxylic acids is 1. The Morgan fingerprint density at radius 1 is 1.17 bits per heavy atom. The summed E-state index contributed by atoms with van der Waals surface area (Å²) in [5.74, 6) is -0.279. The van der Waals surface area contributed by atoms with Gasteiger partial charge in [0.25, 0.3) is 11.1 Å². The summed E-state index contributed by atoms with van der Waals surface area (Å²) in [6.07, 6.45) is 0. The maximum Gasteiger partial charge on any atom is 0.272 e. The van der Waals surface area contributed by atoms with Crippen molar-refractivity contribution in [1.82, 2.24) is 20.2 Å². The largest absolute Gasteiger partial charge is 0.322 e. The highest BCUT2D eigenvalue weighted by Crippen LogP contribution is 2.17. The Balaban J connectivity index is 1.91. The maximum absolute atomic E-state index is 12.2. The number of nitrogens with zero attached hydrogens (tertiary/aromatic N) is 4. The van der Waals surface area contributed by atoms with Gasteiger partial charge in [-0.2, -0.15) is 4.68 Å². The first-order valence-corrected chi connectivity index (χ1v) is 9.12. The first-order valence-electron chi connectivity index (χ1n) is 6.68. The fourth-order valence-corrected chi connectivity index (χ4v) is 2.82. The van der Waals surface area contributed by atoms with Crippen LogP contribution in [0.25, 0.3) is 5.69 Å². The number of amides is 1. The summed E-state index contributed by atoms with van der Waals surface area (Å²) in [7, 11) is -3.74. The van der Waals surface area contributed by atoms with Gasteiger partial charge in [0.15, 0.2) is 0 Å². The highest BCUT2D eigenvalue weighted by atomic mass is 32.8. The summed E-state index contributed by atoms with van der Waals surface area (Å²) in [5.41, 5.74) is 1.39. The molecule has 0 bridgehead atoms. The van der Waals surface area contributed by atoms with Gasteiger partial charge in [0.05, 0.1) is 5.69 Å². The highest BCUT2D eigenvalue weighted by molar-refractivity contribution is 8.29. The third kappa shape index (κ3) is 3.45. The molecule has 0 aliphatic carbocycles. The Kier molecular flexibility index (Phi) is 4.34. The van der Waals surface area contributed by atoms with Gasteiger partial charge in [-0.05, 0) is 40.8 Å². The smallest absolute Gasteiger partial charge is 0.272 e. The number of anilines is 1. The van der Waals surface area contributed by atoms with Crippen molar-refractivity contribution in [3.63, 3.8) is 0 Å². The van der Waals surface area contributed by atoms with Crippen molar-refractivity contribution in [2.75, 3.05) is 5.32 Å². The average Bonchev–Trinajstić information content (AvgIpc) is 3.06. The Labute approximate surface area is 142 Å². The Hall–Kier alpha value is -2.69. The van der Waals surface area contributed by atoms with Crippen LogP contribution in [0.5, 0.6) is 0 Å². The van der Waals surface area contributed by atoms with Gasteiger partial charge in [-0.3, -0.25) is 9.35 Å². The summed E-state index contributed by atoms with van der Waals surface area (Å²) in [5, 5.41) is 12.9. The Bertz CT molecular complexity index is 986. The minimum absolute atomic E-state index is 0.279. The van der Waals surface area contributed by atoms with E-state index in [0.717, 1.165) is 4.68 Å². The van der Waals surface area contributed by atoms with Gasteiger partial charge in [0.1, 0.15) is 0 Å². The predicted octanol–water partition coefficient (Wildman–Crippen LogP) is 1.49. The zero-order valence-corrected chi connectivity index (χ0v) is 13.7. The van der Waals surface area contributed by atoms with E-state index in [4.69, 9.17) is 0 Å². The lowest BCUT2D eigenvalue weighted by atomic mass is 10.2. The molecule has 0 radical (unpaired) electrons. The van der Waals surface area contributed by atoms with E-state index in [1.165, 1.54) is 0 Å². The van der Waals surface area contributed by atoms with E-state index in [0.29, 0.717) is 16.9 Å². The van der Waals surface area contributed by atoms with Gasteiger partial charge < -0.3 is 5.32 Å². The molecule has 3 aromatic rings. The second-order valence-electron chi connectivity index (χ2n) is 4.72. The molecular weight excluding hydrogens is 350 g/mol. The third-order valence-electron chi connectivity index (χ3n) is 3.06. The van der Waals surface area contributed by atoms with Crippen molar-refractivity contribution in [2.45, 2.75) is 5.16 Å². The van der Waals surface area contributed by atoms with Crippen LogP contribution in [0, 0.1) is 0 Å². The summed E-state index contributed by atoms with van der Waals surface area (Å²) >= 11 is 4.51. The van der Waals surface area contributed by atoms with Crippen molar-refractivity contribution in [1.29, 1.82) is 0 Å². The average molecular weight is 361 g/mol. The number of hydrogen-bond donors (Lipinski definition) is 2. The number of rotatable bonds is 4. The van der Waals surface area contributed by atoms with Crippen LogP contribution in [0.1, 0.15) is 10.4 Å². The van der Waals surface area contributed by atoms with Gasteiger partial charge in [0, 0.05) is 22.4 Å². The van der Waals surface area contributed by atoms with E-state index >= 15 is 0 Å². The van der Waals surface area contributed by atoms with E-state index in [-0.39, 0.29) is 11.1 Å². The normalized spacial score (nSPS) is 13.2. The van der Waals surface area contributed by atoms with E-state index in [9.17, 15) is 13.6 Å². The molecule has 1 heterocycles. The molecule has 0 saturated carbocycles. The third-order valence-corrected chi connectivity index (χ3v) is 4.22. The number of tetrazole rings is 1. The second kappa shape index (κ2) is 6.43. The van der Waals surface area contributed by atoms with Crippen LogP contribution in [-0.2, 0) is 20.0 Å². The van der Waals surface area contributed by atoms with Crippen LogP contribution >= 0.6 is 0 Å². The van der Waals surface area contributed by atoms with Gasteiger partial charge >= 0.3 is 0 Å². The topological polar surface area (TPSA) is 110 Å². The van der Waals surface area contributed by atoms with Gasteiger partial charge in [0.2, 0.25) is 8.77 Å². The second-order valence-corrected chi connectivity index (χ2v) is 7.39. The first-order chi connectivity index (χ1) is 11.4. The molecule has 1 unspecified atom stereocenters. The van der Waals surface area contributed by atoms with Crippen molar-refractivity contribution in [3.8, 4) is 5.69 Å². The molecule has 0 spiro atoms. The number of aromatic nitrogens is 4. The lowest BCUT2D eigenvalue weighted by Crippen LogP contribution is -2.12. The van der Waals surface area contributed by atoms with Crippen LogP contribution in [0.15, 0.2) is 59.8 Å². The molecule has 10 heteroatoms. The molecule has 8 nitrogen and oxygen atoms in total. The lowest BCUT2D eigenvalue weighted by Gasteiger charge is -2.08. The number of carbonyl (C=O) groups is 1. The molecule has 1 aromatic heterocycles. The lowest BCUT2D eigenvalue weighted by molar-refractivity contribution is 0.102. The predicted molar refractivity (Wildman–Crippen MR) is 90.0 cm³/mol. The molecule has 0 aliphatic heterocycles. The number of nitrogens with one attached hydrogen (secondary N) is 1. The van der Waals surface area contributed by atoms with E-state index in [1.54, 1.807) is 48.5 Å². The Morgan fingerprint density at radius 2 is 1.92 bits per heavy atom. The van der Waals surface area contributed by atoms with Crippen LogP contribution in [0.4, 0.5) is 5.69 Å². The molecule has 2 N–H and O–H groups in total. The monoisotopic (exact) mass is 361 g/mol. The van der Waals surface area contributed by atoms with Crippen LogP contribution in [0.2, 0.25) is 0 Å². The van der Waals surface area contributed by atoms with Gasteiger partial charge in [-0.25, -0.2) is 4.21 Å². The molecule has 0 fully saturated rings. The molecule has 24 heavy (non-hydrogen) atoms. The minimum Gasteiger partial charge on any atom is -0.322 e. The van der Waals surface area contributed by atoms with Crippen LogP contribution < -0.4 is 5.32 Å². The van der Waals surface area contributed by atoms with Crippen molar-refractivity contribution in [3.05, 3.63) is 60.2 Å². The number of benzene rings is 2. The van der Waals surface area contributed by atoms with Crippen LogP contribution in [0.3, 0.4) is 0 Å². The maximum atomic E-state index is 12.2. The van der Waals surface area contributed by atoms with Crippen molar-refractivity contribution in [2.24, 2.45) is 0 Å². The highest BCUT2D eigenvalue weighted by Gasteiger charge is 2.18. The summed E-state index contributed by atoms with van der Waals surface area (Å²) in [6.45, 7) is 0.